The molecule has 1 aliphatic heterocycles. The second-order valence-electron chi connectivity index (χ2n) is 8.32. The van der Waals surface area contributed by atoms with Gasteiger partial charge in [0.2, 0.25) is 5.91 Å². The first kappa shape index (κ1) is 18.2. The Kier molecular flexibility index (Phi) is 4.70. The Bertz CT molecular complexity index is 1030. The summed E-state index contributed by atoms with van der Waals surface area (Å²) < 4.78 is 6.21. The number of piperidine rings is 1. The van der Waals surface area contributed by atoms with Gasteiger partial charge in [0.05, 0.1) is 5.52 Å². The molecule has 0 radical (unpaired) electrons. The fraction of sp³-hybridized carbons (Fsp3) is 0.360. The van der Waals surface area contributed by atoms with E-state index >= 15 is 0 Å². The molecule has 5 rings (SSSR count). The summed E-state index contributed by atoms with van der Waals surface area (Å²) in [7, 11) is 0. The van der Waals surface area contributed by atoms with Gasteiger partial charge in [-0.1, -0.05) is 24.3 Å². The Morgan fingerprint density at radius 1 is 1.03 bits per heavy atom. The fourth-order valence-electron chi connectivity index (χ4n) is 4.25. The van der Waals surface area contributed by atoms with Gasteiger partial charge >= 0.3 is 0 Å². The van der Waals surface area contributed by atoms with Gasteiger partial charge in [-0.3, -0.25) is 9.78 Å². The molecule has 1 amide bonds. The van der Waals surface area contributed by atoms with Crippen LogP contribution in [0, 0.1) is 12.8 Å². The Labute approximate surface area is 171 Å². The molecule has 4 nitrogen and oxygen atoms in total. The van der Waals surface area contributed by atoms with Crippen molar-refractivity contribution >= 4 is 16.8 Å². The molecule has 1 aliphatic carbocycles. The average molecular weight is 386 g/mol. The number of amides is 1. The molecule has 1 saturated heterocycles. The van der Waals surface area contributed by atoms with Crippen LogP contribution in [-0.4, -0.2) is 35.0 Å². The minimum Gasteiger partial charge on any atom is -0.490 e. The maximum Gasteiger partial charge on any atom is 0.225 e. The molecule has 2 aromatic carbocycles. The highest BCUT2D eigenvalue weighted by molar-refractivity contribution is 5.95. The second-order valence-corrected chi connectivity index (χ2v) is 8.32. The molecular weight excluding hydrogens is 360 g/mol. The van der Waals surface area contributed by atoms with Crippen molar-refractivity contribution in [2.24, 2.45) is 5.92 Å². The quantitative estimate of drug-likeness (QED) is 0.634. The van der Waals surface area contributed by atoms with Crippen LogP contribution >= 0.6 is 0 Å². The number of ether oxygens (including phenoxy) is 1. The molecule has 2 aliphatic rings. The largest absolute Gasteiger partial charge is 0.490 e. The first-order valence-corrected chi connectivity index (χ1v) is 10.6. The summed E-state index contributed by atoms with van der Waals surface area (Å²) in [6.07, 6.45) is 6.00. The first-order valence-electron chi connectivity index (χ1n) is 10.6. The molecule has 29 heavy (non-hydrogen) atoms. The summed E-state index contributed by atoms with van der Waals surface area (Å²) in [4.78, 5) is 18.7. The molecule has 0 bridgehead atoms. The smallest absolute Gasteiger partial charge is 0.225 e. The maximum absolute atomic E-state index is 12.2. The highest BCUT2D eigenvalue weighted by Gasteiger charge is 2.35. The first-order chi connectivity index (χ1) is 14.2. The third-order valence-corrected chi connectivity index (χ3v) is 6.01. The van der Waals surface area contributed by atoms with Gasteiger partial charge < -0.3 is 9.64 Å². The van der Waals surface area contributed by atoms with E-state index in [2.05, 4.69) is 54.4 Å². The molecule has 3 aromatic rings. The van der Waals surface area contributed by atoms with Gasteiger partial charge in [0.15, 0.2) is 0 Å². The van der Waals surface area contributed by atoms with Crippen LogP contribution in [-0.2, 0) is 4.79 Å². The van der Waals surface area contributed by atoms with Crippen LogP contribution in [0.15, 0.2) is 54.7 Å². The second kappa shape index (κ2) is 7.51. The van der Waals surface area contributed by atoms with E-state index in [1.807, 2.05) is 17.2 Å². The van der Waals surface area contributed by atoms with Crippen molar-refractivity contribution in [2.75, 3.05) is 13.1 Å². The lowest BCUT2D eigenvalue weighted by molar-refractivity contribution is -0.134. The van der Waals surface area contributed by atoms with Gasteiger partial charge in [0.25, 0.3) is 0 Å². The lowest BCUT2D eigenvalue weighted by atomic mass is 9.98. The number of aryl methyl sites for hydroxylation is 1. The van der Waals surface area contributed by atoms with Crippen LogP contribution in [0.4, 0.5) is 0 Å². The maximum atomic E-state index is 12.2. The van der Waals surface area contributed by atoms with Gasteiger partial charge in [-0.15, -0.1) is 0 Å². The Hall–Kier alpha value is -2.88. The van der Waals surface area contributed by atoms with Crippen LogP contribution in [0.25, 0.3) is 22.0 Å². The molecular formula is C25H26N2O2. The van der Waals surface area contributed by atoms with Crippen molar-refractivity contribution in [1.82, 2.24) is 9.88 Å². The predicted molar refractivity (Wildman–Crippen MR) is 115 cm³/mol. The molecule has 0 N–H and O–H groups in total. The molecule has 0 spiro atoms. The monoisotopic (exact) mass is 386 g/mol. The standard InChI is InChI=1S/C25H26N2O2/c1-17-15-23(22-3-2-12-26-24(22)16-17)18-6-8-20(9-7-18)29-21-10-13-27(14-11-21)25(28)19-4-5-19/h2-3,6-9,12,15-16,19,21H,4-5,10-11,13-14H2,1H3. The van der Waals surface area contributed by atoms with Crippen molar-refractivity contribution in [1.29, 1.82) is 0 Å². The summed E-state index contributed by atoms with van der Waals surface area (Å²) in [6.45, 7) is 3.75. The molecule has 0 atom stereocenters. The number of rotatable bonds is 4. The fourth-order valence-corrected chi connectivity index (χ4v) is 4.25. The van der Waals surface area contributed by atoms with Gasteiger partial charge in [0, 0.05) is 43.4 Å². The molecule has 1 aromatic heterocycles. The zero-order valence-corrected chi connectivity index (χ0v) is 16.8. The van der Waals surface area contributed by atoms with Crippen LogP contribution in [0.3, 0.4) is 0 Å². The summed E-state index contributed by atoms with van der Waals surface area (Å²) >= 11 is 0. The van der Waals surface area contributed by atoms with Crippen molar-refractivity contribution in [2.45, 2.75) is 38.7 Å². The number of fused-ring (bicyclic) bond motifs is 1. The van der Waals surface area contributed by atoms with Crippen molar-refractivity contribution in [3.63, 3.8) is 0 Å². The van der Waals surface area contributed by atoms with E-state index in [1.165, 1.54) is 22.1 Å². The minimum absolute atomic E-state index is 0.188. The summed E-state index contributed by atoms with van der Waals surface area (Å²) in [5.41, 5.74) is 4.60. The van der Waals surface area contributed by atoms with E-state index in [0.29, 0.717) is 11.8 Å². The van der Waals surface area contributed by atoms with Crippen molar-refractivity contribution < 1.29 is 9.53 Å². The zero-order chi connectivity index (χ0) is 19.8. The van der Waals surface area contributed by atoms with Crippen LogP contribution in [0.2, 0.25) is 0 Å². The van der Waals surface area contributed by atoms with E-state index in [-0.39, 0.29) is 6.10 Å². The van der Waals surface area contributed by atoms with Gasteiger partial charge in [0.1, 0.15) is 11.9 Å². The number of hydrogen-bond acceptors (Lipinski definition) is 3. The summed E-state index contributed by atoms with van der Waals surface area (Å²) in [5.74, 6) is 1.57. The van der Waals surface area contributed by atoms with Gasteiger partial charge in [-0.25, -0.2) is 0 Å². The molecule has 2 heterocycles. The zero-order valence-electron chi connectivity index (χ0n) is 16.8. The van der Waals surface area contributed by atoms with Gasteiger partial charge in [-0.05, 0) is 60.7 Å². The Balaban J connectivity index is 1.27. The molecule has 4 heteroatoms. The van der Waals surface area contributed by atoms with E-state index in [0.717, 1.165) is 50.0 Å². The molecule has 1 saturated carbocycles. The van der Waals surface area contributed by atoms with Crippen molar-refractivity contribution in [3.8, 4) is 16.9 Å². The normalized spacial score (nSPS) is 17.5. The molecule has 148 valence electrons. The number of pyridine rings is 1. The number of nitrogens with zero attached hydrogens (tertiary/aromatic N) is 2. The van der Waals surface area contributed by atoms with Crippen LogP contribution < -0.4 is 4.74 Å². The van der Waals surface area contributed by atoms with E-state index < -0.39 is 0 Å². The molecule has 2 fully saturated rings. The summed E-state index contributed by atoms with van der Waals surface area (Å²) in [5, 5.41) is 1.17. The Morgan fingerprint density at radius 2 is 1.79 bits per heavy atom. The van der Waals surface area contributed by atoms with Crippen LogP contribution in [0.5, 0.6) is 5.75 Å². The number of aromatic nitrogens is 1. The average Bonchev–Trinajstić information content (AvgIpc) is 3.59. The van der Waals surface area contributed by atoms with E-state index in [4.69, 9.17) is 4.74 Å². The minimum atomic E-state index is 0.188. The third kappa shape index (κ3) is 3.84. The van der Waals surface area contributed by atoms with Gasteiger partial charge in [-0.2, -0.15) is 0 Å². The van der Waals surface area contributed by atoms with E-state index in [9.17, 15) is 4.79 Å². The number of carbonyl (C=O) groups is 1. The highest BCUT2D eigenvalue weighted by Crippen LogP contribution is 2.33. The lowest BCUT2D eigenvalue weighted by Gasteiger charge is -2.32. The topological polar surface area (TPSA) is 42.4 Å². The Morgan fingerprint density at radius 3 is 2.52 bits per heavy atom. The predicted octanol–water partition coefficient (Wildman–Crippen LogP) is 4.99. The number of hydrogen-bond donors (Lipinski definition) is 0. The van der Waals surface area contributed by atoms with Crippen LogP contribution in [0.1, 0.15) is 31.2 Å². The number of benzene rings is 2. The lowest BCUT2D eigenvalue weighted by Crippen LogP contribution is -2.42. The van der Waals surface area contributed by atoms with Crippen molar-refractivity contribution in [3.05, 3.63) is 60.3 Å². The number of carbonyl (C=O) groups excluding carboxylic acids is 1. The molecule has 0 unspecified atom stereocenters. The third-order valence-electron chi connectivity index (χ3n) is 6.01. The highest BCUT2D eigenvalue weighted by atomic mass is 16.5. The summed E-state index contributed by atoms with van der Waals surface area (Å²) in [6, 6.07) is 16.8. The SMILES string of the molecule is Cc1cc(-c2ccc(OC3CCN(C(=O)C4CC4)CC3)cc2)c2cccnc2c1. The van der Waals surface area contributed by atoms with E-state index in [1.54, 1.807) is 0 Å². The number of likely N-dealkylation sites (tertiary alicyclic amines) is 1.